The maximum absolute atomic E-state index is 2.44. The normalized spacial score (nSPS) is 13.2. The molecule has 218 valence electrons. The van der Waals surface area contributed by atoms with Crippen LogP contribution in [0.5, 0.6) is 0 Å². The zero-order valence-corrected chi connectivity index (χ0v) is 26.0. The fourth-order valence-corrected chi connectivity index (χ4v) is 7.71. The molecule has 9 rings (SSSR count). The molecule has 0 saturated carbocycles. The van der Waals surface area contributed by atoms with E-state index in [0.717, 1.165) is 0 Å². The van der Waals surface area contributed by atoms with E-state index in [1.165, 1.54) is 83.1 Å². The van der Waals surface area contributed by atoms with E-state index < -0.39 is 0 Å². The van der Waals surface area contributed by atoms with Crippen molar-refractivity contribution in [2.75, 3.05) is 0 Å². The monoisotopic (exact) mass is 587 g/mol. The topological polar surface area (TPSA) is 4.93 Å². The van der Waals surface area contributed by atoms with Gasteiger partial charge in [0.05, 0.1) is 11.0 Å². The lowest BCUT2D eigenvalue weighted by atomic mass is 9.81. The molecule has 0 bridgehead atoms. The Hall–Kier alpha value is -5.66. The summed E-state index contributed by atoms with van der Waals surface area (Å²) in [6, 6.07) is 60.2. The Morgan fingerprint density at radius 1 is 0.370 bits per heavy atom. The molecule has 7 aromatic carbocycles. The smallest absolute Gasteiger partial charge is 0.0547 e. The molecule has 1 heterocycles. The third kappa shape index (κ3) is 4.02. The van der Waals surface area contributed by atoms with Crippen LogP contribution in [0.2, 0.25) is 0 Å². The first-order valence-electron chi connectivity index (χ1n) is 16.1. The van der Waals surface area contributed by atoms with Crippen molar-refractivity contribution >= 4 is 21.8 Å². The molecule has 0 N–H and O–H groups in total. The minimum absolute atomic E-state index is 0.0540. The molecule has 0 spiro atoms. The minimum Gasteiger partial charge on any atom is -0.309 e. The summed E-state index contributed by atoms with van der Waals surface area (Å²) in [7, 11) is 0. The number of hydrogen-bond donors (Lipinski definition) is 0. The van der Waals surface area contributed by atoms with Crippen LogP contribution in [0, 0.1) is 0 Å². The summed E-state index contributed by atoms with van der Waals surface area (Å²) >= 11 is 0. The maximum atomic E-state index is 2.44. The van der Waals surface area contributed by atoms with Crippen LogP contribution < -0.4 is 0 Å². The number of fused-ring (bicyclic) bond motifs is 6. The Morgan fingerprint density at radius 2 is 0.978 bits per heavy atom. The van der Waals surface area contributed by atoms with Gasteiger partial charge in [0.15, 0.2) is 0 Å². The van der Waals surface area contributed by atoms with Gasteiger partial charge in [-0.1, -0.05) is 141 Å². The van der Waals surface area contributed by atoms with Gasteiger partial charge in [0.25, 0.3) is 0 Å². The number of aromatic nitrogens is 1. The zero-order chi connectivity index (χ0) is 30.8. The molecule has 0 aliphatic heterocycles. The van der Waals surface area contributed by atoms with E-state index in [9.17, 15) is 0 Å². The van der Waals surface area contributed by atoms with Crippen LogP contribution >= 0.6 is 0 Å². The van der Waals surface area contributed by atoms with Crippen molar-refractivity contribution in [3.63, 3.8) is 0 Å². The fourth-order valence-electron chi connectivity index (χ4n) is 7.71. The fraction of sp³-hybridized carbons (Fsp3) is 0.0667. The Kier molecular flexibility index (Phi) is 5.92. The highest BCUT2D eigenvalue weighted by Crippen LogP contribution is 2.50. The Balaban J connectivity index is 1.29. The number of hydrogen-bond acceptors (Lipinski definition) is 0. The van der Waals surface area contributed by atoms with Crippen LogP contribution in [-0.4, -0.2) is 4.57 Å². The van der Waals surface area contributed by atoms with E-state index in [0.29, 0.717) is 0 Å². The minimum atomic E-state index is -0.0540. The van der Waals surface area contributed by atoms with Gasteiger partial charge in [-0.25, -0.2) is 0 Å². The van der Waals surface area contributed by atoms with Gasteiger partial charge in [0.2, 0.25) is 0 Å². The van der Waals surface area contributed by atoms with Crippen molar-refractivity contribution in [2.24, 2.45) is 0 Å². The molecule has 0 saturated heterocycles. The van der Waals surface area contributed by atoms with E-state index in [1.54, 1.807) is 0 Å². The lowest BCUT2D eigenvalue weighted by molar-refractivity contribution is 0.660. The van der Waals surface area contributed by atoms with Gasteiger partial charge in [0, 0.05) is 21.9 Å². The molecule has 1 heteroatoms. The van der Waals surface area contributed by atoms with Crippen LogP contribution in [0.3, 0.4) is 0 Å². The Bertz CT molecular complexity index is 2430. The van der Waals surface area contributed by atoms with Crippen LogP contribution in [0.1, 0.15) is 25.0 Å². The standard InChI is InChI=1S/C45H33N/c1-45(2)41-19-11-9-17-36(41)37-25-22-32(28-42(37)45)35-24-21-31(30-13-5-3-6-14-30)27-40(35)33-23-26-39-38-18-10-12-20-43(38)46(44(39)29-33)34-15-7-4-8-16-34/h3-29H,1-2H3. The predicted octanol–water partition coefficient (Wildman–Crippen LogP) is 12.1. The second-order valence-corrected chi connectivity index (χ2v) is 13.0. The summed E-state index contributed by atoms with van der Waals surface area (Å²) in [6.07, 6.45) is 0. The second kappa shape index (κ2) is 10.2. The molecule has 1 nitrogen and oxygen atoms in total. The van der Waals surface area contributed by atoms with Crippen molar-refractivity contribution in [1.29, 1.82) is 0 Å². The van der Waals surface area contributed by atoms with Gasteiger partial charge >= 0.3 is 0 Å². The average Bonchev–Trinajstić information content (AvgIpc) is 3.57. The predicted molar refractivity (Wildman–Crippen MR) is 195 cm³/mol. The summed E-state index contributed by atoms with van der Waals surface area (Å²) < 4.78 is 2.41. The molecule has 46 heavy (non-hydrogen) atoms. The van der Waals surface area contributed by atoms with Gasteiger partial charge in [-0.3, -0.25) is 0 Å². The van der Waals surface area contributed by atoms with Gasteiger partial charge in [-0.05, 0) is 92.0 Å². The van der Waals surface area contributed by atoms with Gasteiger partial charge in [0.1, 0.15) is 0 Å². The second-order valence-electron chi connectivity index (χ2n) is 13.0. The lowest BCUT2D eigenvalue weighted by Gasteiger charge is -2.22. The van der Waals surface area contributed by atoms with E-state index in [4.69, 9.17) is 0 Å². The average molecular weight is 588 g/mol. The number of rotatable bonds is 4. The first-order chi connectivity index (χ1) is 22.6. The molecular formula is C45H33N. The molecule has 0 amide bonds. The summed E-state index contributed by atoms with van der Waals surface area (Å²) in [4.78, 5) is 0. The highest BCUT2D eigenvalue weighted by atomic mass is 15.0. The SMILES string of the molecule is CC1(C)c2ccccc2-c2ccc(-c3ccc(-c4ccccc4)cc3-c3ccc4c5ccccc5n(-c5ccccc5)c4c3)cc21. The van der Waals surface area contributed by atoms with Crippen LogP contribution in [0.25, 0.3) is 72.0 Å². The van der Waals surface area contributed by atoms with E-state index in [-0.39, 0.29) is 5.41 Å². The van der Waals surface area contributed by atoms with Crippen LogP contribution in [-0.2, 0) is 5.41 Å². The van der Waals surface area contributed by atoms with Crippen LogP contribution in [0.4, 0.5) is 0 Å². The van der Waals surface area contributed by atoms with Crippen molar-refractivity contribution in [3.8, 4) is 50.2 Å². The number of para-hydroxylation sites is 2. The van der Waals surface area contributed by atoms with Crippen molar-refractivity contribution in [1.82, 2.24) is 4.57 Å². The highest BCUT2D eigenvalue weighted by Gasteiger charge is 2.35. The first kappa shape index (κ1) is 26.7. The lowest BCUT2D eigenvalue weighted by Crippen LogP contribution is -2.14. The Morgan fingerprint density at radius 3 is 1.83 bits per heavy atom. The quantitative estimate of drug-likeness (QED) is 0.193. The Labute approximate surface area is 270 Å². The summed E-state index contributed by atoms with van der Waals surface area (Å²) in [5.41, 5.74) is 16.4. The third-order valence-corrected chi connectivity index (χ3v) is 10.0. The highest BCUT2D eigenvalue weighted by molar-refractivity contribution is 6.10. The van der Waals surface area contributed by atoms with Gasteiger partial charge in [-0.2, -0.15) is 0 Å². The first-order valence-corrected chi connectivity index (χ1v) is 16.1. The number of nitrogens with zero attached hydrogens (tertiary/aromatic N) is 1. The molecule has 1 aliphatic rings. The zero-order valence-electron chi connectivity index (χ0n) is 26.0. The van der Waals surface area contributed by atoms with E-state index in [1.807, 2.05) is 0 Å². The summed E-state index contributed by atoms with van der Waals surface area (Å²) in [5.74, 6) is 0. The molecule has 0 atom stereocenters. The largest absolute Gasteiger partial charge is 0.309 e. The van der Waals surface area contributed by atoms with E-state index >= 15 is 0 Å². The summed E-state index contributed by atoms with van der Waals surface area (Å²) in [5, 5.41) is 2.53. The number of benzene rings is 7. The molecule has 1 aliphatic carbocycles. The van der Waals surface area contributed by atoms with Gasteiger partial charge < -0.3 is 4.57 Å². The molecule has 0 fully saturated rings. The van der Waals surface area contributed by atoms with Crippen LogP contribution in [0.15, 0.2) is 164 Å². The van der Waals surface area contributed by atoms with Crippen molar-refractivity contribution < 1.29 is 0 Å². The van der Waals surface area contributed by atoms with E-state index in [2.05, 4.69) is 182 Å². The van der Waals surface area contributed by atoms with Crippen molar-refractivity contribution in [3.05, 3.63) is 175 Å². The van der Waals surface area contributed by atoms with Gasteiger partial charge in [-0.15, -0.1) is 0 Å². The molecular weight excluding hydrogens is 555 g/mol. The molecule has 8 aromatic rings. The molecule has 1 aromatic heterocycles. The van der Waals surface area contributed by atoms with Crippen molar-refractivity contribution in [2.45, 2.75) is 19.3 Å². The maximum Gasteiger partial charge on any atom is 0.0547 e. The summed E-state index contributed by atoms with van der Waals surface area (Å²) in [6.45, 7) is 4.72. The third-order valence-electron chi connectivity index (χ3n) is 10.0. The molecule has 0 unspecified atom stereocenters. The molecule has 0 radical (unpaired) electrons.